The van der Waals surface area contributed by atoms with Gasteiger partial charge in [0.25, 0.3) is 0 Å². The van der Waals surface area contributed by atoms with Crippen LogP contribution in [0.25, 0.3) is 0 Å². The van der Waals surface area contributed by atoms with E-state index < -0.39 is 0 Å². The molecule has 0 aromatic heterocycles. The summed E-state index contributed by atoms with van der Waals surface area (Å²) in [5.74, 6) is -0.0249. The van der Waals surface area contributed by atoms with Gasteiger partial charge in [-0.25, -0.2) is 0 Å². The molecule has 0 N–H and O–H groups in total. The molecule has 0 aliphatic carbocycles. The Morgan fingerprint density at radius 3 is 2.56 bits per heavy atom. The van der Waals surface area contributed by atoms with Crippen molar-refractivity contribution in [2.45, 2.75) is 39.5 Å². The maximum absolute atomic E-state index is 11.8. The monoisotopic (exact) mass is 218 g/mol. The van der Waals surface area contributed by atoms with Crippen LogP contribution in [-0.2, 0) is 11.2 Å². The first-order valence-corrected chi connectivity index (χ1v) is 5.81. The predicted octanol–water partition coefficient (Wildman–Crippen LogP) is 3.19. The number of hydrogen-bond acceptors (Lipinski definition) is 2. The lowest BCUT2D eigenvalue weighted by Gasteiger charge is -2.02. The lowest BCUT2D eigenvalue weighted by atomic mass is 10.0. The van der Waals surface area contributed by atoms with Gasteiger partial charge in [-0.1, -0.05) is 32.0 Å². The van der Waals surface area contributed by atoms with E-state index in [1.807, 2.05) is 32.0 Å². The lowest BCUT2D eigenvalue weighted by Crippen LogP contribution is -2.08. The molecule has 0 bridgehead atoms. The van der Waals surface area contributed by atoms with Gasteiger partial charge in [0, 0.05) is 12.0 Å². The highest BCUT2D eigenvalue weighted by molar-refractivity contribution is 6.07. The molecule has 0 radical (unpaired) electrons. The molecular weight excluding hydrogens is 200 g/mol. The minimum absolute atomic E-state index is 0.0365. The number of aryl methyl sites for hydroxylation is 1. The van der Waals surface area contributed by atoms with E-state index in [-0.39, 0.29) is 18.0 Å². The van der Waals surface area contributed by atoms with Gasteiger partial charge in [0.05, 0.1) is 6.42 Å². The van der Waals surface area contributed by atoms with E-state index in [4.69, 9.17) is 0 Å². The fourth-order valence-corrected chi connectivity index (χ4v) is 1.61. The van der Waals surface area contributed by atoms with Gasteiger partial charge in [-0.05, 0) is 24.5 Å². The van der Waals surface area contributed by atoms with Crippen LogP contribution in [-0.4, -0.2) is 11.6 Å². The second-order valence-electron chi connectivity index (χ2n) is 3.94. The molecule has 1 aromatic carbocycles. The third kappa shape index (κ3) is 3.61. The summed E-state index contributed by atoms with van der Waals surface area (Å²) in [6.07, 6.45) is 2.26. The summed E-state index contributed by atoms with van der Waals surface area (Å²) >= 11 is 0. The van der Waals surface area contributed by atoms with Crippen LogP contribution in [0.5, 0.6) is 0 Å². The summed E-state index contributed by atoms with van der Waals surface area (Å²) < 4.78 is 0. The summed E-state index contributed by atoms with van der Waals surface area (Å²) in [6.45, 7) is 3.99. The molecule has 86 valence electrons. The minimum atomic E-state index is -0.0613. The van der Waals surface area contributed by atoms with Gasteiger partial charge in [0.1, 0.15) is 5.78 Å². The smallest absolute Gasteiger partial charge is 0.170 e. The molecular formula is C14H18O2. The first-order valence-electron chi connectivity index (χ1n) is 5.81. The predicted molar refractivity (Wildman–Crippen MR) is 64.7 cm³/mol. The first-order chi connectivity index (χ1) is 7.67. The fourth-order valence-electron chi connectivity index (χ4n) is 1.61. The van der Waals surface area contributed by atoms with E-state index in [9.17, 15) is 9.59 Å². The van der Waals surface area contributed by atoms with Crippen molar-refractivity contribution in [2.75, 3.05) is 0 Å². The SMILES string of the molecule is CCCC(=O)CC(=O)c1cccc(CC)c1. The van der Waals surface area contributed by atoms with Crippen molar-refractivity contribution in [1.29, 1.82) is 0 Å². The molecule has 1 aromatic rings. The molecule has 0 amide bonds. The lowest BCUT2D eigenvalue weighted by molar-refractivity contribution is -0.118. The topological polar surface area (TPSA) is 34.1 Å². The van der Waals surface area contributed by atoms with Crippen molar-refractivity contribution in [1.82, 2.24) is 0 Å². The molecule has 0 atom stereocenters. The fraction of sp³-hybridized carbons (Fsp3) is 0.429. The average molecular weight is 218 g/mol. The van der Waals surface area contributed by atoms with Crippen molar-refractivity contribution in [3.8, 4) is 0 Å². The van der Waals surface area contributed by atoms with Crippen LogP contribution in [0.3, 0.4) is 0 Å². The Kier molecular flexibility index (Phi) is 4.90. The molecule has 0 saturated carbocycles. The van der Waals surface area contributed by atoms with E-state index in [1.165, 1.54) is 0 Å². The van der Waals surface area contributed by atoms with E-state index in [0.717, 1.165) is 18.4 Å². The van der Waals surface area contributed by atoms with E-state index in [0.29, 0.717) is 12.0 Å². The van der Waals surface area contributed by atoms with Gasteiger partial charge in [-0.2, -0.15) is 0 Å². The summed E-state index contributed by atoms with van der Waals surface area (Å²) in [7, 11) is 0. The Labute approximate surface area is 96.7 Å². The highest BCUT2D eigenvalue weighted by atomic mass is 16.1. The quantitative estimate of drug-likeness (QED) is 0.543. The second kappa shape index (κ2) is 6.21. The maximum Gasteiger partial charge on any atom is 0.170 e. The van der Waals surface area contributed by atoms with Crippen molar-refractivity contribution >= 4 is 11.6 Å². The normalized spacial score (nSPS) is 10.1. The van der Waals surface area contributed by atoms with Gasteiger partial charge >= 0.3 is 0 Å². The molecule has 1 rings (SSSR count). The number of Topliss-reactive ketones (excluding diaryl/α,β-unsaturated/α-hetero) is 2. The minimum Gasteiger partial charge on any atom is -0.299 e. The molecule has 0 spiro atoms. The van der Waals surface area contributed by atoms with Crippen molar-refractivity contribution in [2.24, 2.45) is 0 Å². The molecule has 2 heteroatoms. The van der Waals surface area contributed by atoms with Crippen LogP contribution in [0.1, 0.15) is 49.0 Å². The van der Waals surface area contributed by atoms with Gasteiger partial charge in [-0.15, -0.1) is 0 Å². The molecule has 0 saturated heterocycles. The van der Waals surface area contributed by atoms with E-state index in [1.54, 1.807) is 6.07 Å². The van der Waals surface area contributed by atoms with Gasteiger partial charge in [-0.3, -0.25) is 9.59 Å². The van der Waals surface area contributed by atoms with Crippen molar-refractivity contribution in [3.63, 3.8) is 0 Å². The van der Waals surface area contributed by atoms with Gasteiger partial charge in [0.15, 0.2) is 5.78 Å². The largest absolute Gasteiger partial charge is 0.299 e. The number of carbonyl (C=O) groups excluding carboxylic acids is 2. The summed E-state index contributed by atoms with van der Waals surface area (Å²) in [5.41, 5.74) is 1.79. The Bertz CT molecular complexity index is 380. The summed E-state index contributed by atoms with van der Waals surface area (Å²) in [4.78, 5) is 23.1. The van der Waals surface area contributed by atoms with Gasteiger partial charge < -0.3 is 0 Å². The van der Waals surface area contributed by atoms with Crippen LogP contribution < -0.4 is 0 Å². The van der Waals surface area contributed by atoms with Crippen molar-refractivity contribution < 1.29 is 9.59 Å². The first kappa shape index (κ1) is 12.6. The molecule has 0 unspecified atom stereocenters. The zero-order valence-corrected chi connectivity index (χ0v) is 9.95. The van der Waals surface area contributed by atoms with Crippen LogP contribution in [0.15, 0.2) is 24.3 Å². The molecule has 2 nitrogen and oxygen atoms in total. The van der Waals surface area contributed by atoms with Crippen LogP contribution >= 0.6 is 0 Å². The van der Waals surface area contributed by atoms with E-state index in [2.05, 4.69) is 0 Å². The molecule has 0 heterocycles. The standard InChI is InChI=1S/C14H18O2/c1-3-6-13(15)10-14(16)12-8-5-7-11(4-2)9-12/h5,7-9H,3-4,6,10H2,1-2H3. The number of benzene rings is 1. The highest BCUT2D eigenvalue weighted by Crippen LogP contribution is 2.09. The zero-order valence-electron chi connectivity index (χ0n) is 9.95. The maximum atomic E-state index is 11.8. The van der Waals surface area contributed by atoms with Crippen LogP contribution in [0.2, 0.25) is 0 Å². The number of carbonyl (C=O) groups is 2. The third-order valence-corrected chi connectivity index (χ3v) is 2.54. The third-order valence-electron chi connectivity index (χ3n) is 2.54. The van der Waals surface area contributed by atoms with Crippen LogP contribution in [0, 0.1) is 0 Å². The zero-order chi connectivity index (χ0) is 12.0. The number of rotatable bonds is 6. The van der Waals surface area contributed by atoms with Gasteiger partial charge in [0.2, 0.25) is 0 Å². The van der Waals surface area contributed by atoms with Crippen LogP contribution in [0.4, 0.5) is 0 Å². The molecule has 0 fully saturated rings. The summed E-state index contributed by atoms with van der Waals surface area (Å²) in [5, 5.41) is 0. The average Bonchev–Trinajstić information content (AvgIpc) is 2.29. The molecule has 0 aliphatic rings. The van der Waals surface area contributed by atoms with E-state index >= 15 is 0 Å². The summed E-state index contributed by atoms with van der Waals surface area (Å²) in [6, 6.07) is 7.52. The Balaban J connectivity index is 2.69. The number of ketones is 2. The Morgan fingerprint density at radius 2 is 1.94 bits per heavy atom. The Hall–Kier alpha value is -1.44. The second-order valence-corrected chi connectivity index (χ2v) is 3.94. The highest BCUT2D eigenvalue weighted by Gasteiger charge is 2.11. The Morgan fingerprint density at radius 1 is 1.19 bits per heavy atom. The molecule has 16 heavy (non-hydrogen) atoms. The molecule has 0 aliphatic heterocycles. The number of hydrogen-bond donors (Lipinski definition) is 0. The van der Waals surface area contributed by atoms with Crippen molar-refractivity contribution in [3.05, 3.63) is 35.4 Å².